The predicted molar refractivity (Wildman–Crippen MR) is 142 cm³/mol. The molecule has 3 aliphatic rings. The summed E-state index contributed by atoms with van der Waals surface area (Å²) in [5, 5.41) is 7.33. The lowest BCUT2D eigenvalue weighted by molar-refractivity contribution is -0.127. The summed E-state index contributed by atoms with van der Waals surface area (Å²) in [6, 6.07) is 10.3. The van der Waals surface area contributed by atoms with Crippen molar-refractivity contribution in [3.8, 4) is 0 Å². The molecule has 6 nitrogen and oxygen atoms in total. The van der Waals surface area contributed by atoms with Crippen LogP contribution in [0.25, 0.3) is 0 Å². The first-order chi connectivity index (χ1) is 15.1. The highest BCUT2D eigenvalue weighted by atomic mass is 127. The van der Waals surface area contributed by atoms with Gasteiger partial charge in [0.15, 0.2) is 5.96 Å². The van der Waals surface area contributed by atoms with Crippen molar-refractivity contribution in [3.63, 3.8) is 0 Å². The molecule has 4 rings (SSSR count). The number of carbonyl (C=O) groups excluding carboxylic acids is 1. The minimum atomic E-state index is 0. The number of hydrogen-bond donors (Lipinski definition) is 2. The average molecular weight is 554 g/mol. The molecule has 1 atom stereocenters. The van der Waals surface area contributed by atoms with Gasteiger partial charge in [0.25, 0.3) is 0 Å². The summed E-state index contributed by atoms with van der Waals surface area (Å²) in [6.45, 7) is 2.53. The Morgan fingerprint density at radius 1 is 1.00 bits per heavy atom. The van der Waals surface area contributed by atoms with Gasteiger partial charge in [-0.05, 0) is 56.1 Å². The van der Waals surface area contributed by atoms with Crippen molar-refractivity contribution < 1.29 is 4.79 Å². The Morgan fingerprint density at radius 2 is 1.66 bits per heavy atom. The van der Waals surface area contributed by atoms with Crippen LogP contribution in [0.5, 0.6) is 0 Å². The van der Waals surface area contributed by atoms with Gasteiger partial charge in [0, 0.05) is 45.3 Å². The molecule has 0 spiro atoms. The number of piperidine rings is 1. The minimum absolute atomic E-state index is 0. The van der Waals surface area contributed by atoms with Crippen LogP contribution in [-0.4, -0.2) is 73.5 Å². The van der Waals surface area contributed by atoms with Crippen LogP contribution in [0.3, 0.4) is 0 Å². The zero-order chi connectivity index (χ0) is 21.6. The van der Waals surface area contributed by atoms with Gasteiger partial charge in [-0.15, -0.1) is 24.0 Å². The molecule has 1 heterocycles. The van der Waals surface area contributed by atoms with E-state index in [1.54, 1.807) is 19.0 Å². The maximum absolute atomic E-state index is 12.1. The van der Waals surface area contributed by atoms with Crippen molar-refractivity contribution >= 4 is 35.8 Å². The van der Waals surface area contributed by atoms with Gasteiger partial charge >= 0.3 is 0 Å². The smallest absolute Gasteiger partial charge is 0.243 e. The molecule has 1 amide bonds. The van der Waals surface area contributed by atoms with E-state index in [-0.39, 0.29) is 36.4 Å². The number of amides is 1. The number of benzene rings is 1. The van der Waals surface area contributed by atoms with E-state index >= 15 is 0 Å². The third kappa shape index (κ3) is 6.83. The number of nitrogens with zero attached hydrogens (tertiary/aromatic N) is 3. The summed E-state index contributed by atoms with van der Waals surface area (Å²) in [6.07, 6.45) is 11.0. The summed E-state index contributed by atoms with van der Waals surface area (Å²) in [5.41, 5.74) is 2.90. The predicted octanol–water partition coefficient (Wildman–Crippen LogP) is 3.19. The Morgan fingerprint density at radius 3 is 2.34 bits per heavy atom. The number of guanidine groups is 1. The van der Waals surface area contributed by atoms with Crippen molar-refractivity contribution in [2.24, 2.45) is 4.99 Å². The van der Waals surface area contributed by atoms with E-state index in [1.165, 1.54) is 49.9 Å². The van der Waals surface area contributed by atoms with Crippen LogP contribution in [0, 0.1) is 0 Å². The van der Waals surface area contributed by atoms with Gasteiger partial charge in [0.05, 0.1) is 0 Å². The number of fused-ring (bicyclic) bond motifs is 1. The lowest BCUT2D eigenvalue weighted by Crippen LogP contribution is -2.53. The Kier molecular flexibility index (Phi) is 9.64. The first kappa shape index (κ1) is 25.3. The minimum Gasteiger partial charge on any atom is -0.354 e. The number of hydrogen-bond acceptors (Lipinski definition) is 3. The zero-order valence-corrected chi connectivity index (χ0v) is 22.0. The highest BCUT2D eigenvalue weighted by Gasteiger charge is 2.28. The van der Waals surface area contributed by atoms with E-state index < -0.39 is 0 Å². The number of nitrogens with one attached hydrogen (secondary N) is 2. The van der Waals surface area contributed by atoms with E-state index in [2.05, 4.69) is 44.8 Å². The third-order valence-electron chi connectivity index (χ3n) is 7.27. The maximum atomic E-state index is 12.1. The van der Waals surface area contributed by atoms with Gasteiger partial charge in [-0.3, -0.25) is 4.79 Å². The molecule has 0 aromatic heterocycles. The fraction of sp³-hybridized carbons (Fsp3) is 0.680. The van der Waals surface area contributed by atoms with Crippen molar-refractivity contribution in [2.45, 2.75) is 75.9 Å². The molecule has 1 aromatic carbocycles. The van der Waals surface area contributed by atoms with Crippen molar-refractivity contribution in [1.29, 1.82) is 0 Å². The molecule has 2 aliphatic carbocycles. The average Bonchev–Trinajstić information content (AvgIpc) is 3.32. The first-order valence-corrected chi connectivity index (χ1v) is 12.2. The van der Waals surface area contributed by atoms with E-state index in [4.69, 9.17) is 0 Å². The lowest BCUT2D eigenvalue weighted by Gasteiger charge is -2.37. The van der Waals surface area contributed by atoms with E-state index in [0.29, 0.717) is 12.1 Å². The molecule has 0 bridgehead atoms. The van der Waals surface area contributed by atoms with E-state index in [0.717, 1.165) is 44.1 Å². The maximum Gasteiger partial charge on any atom is 0.243 e. The Labute approximate surface area is 210 Å². The van der Waals surface area contributed by atoms with Crippen molar-refractivity contribution in [1.82, 2.24) is 20.4 Å². The molecule has 1 aromatic rings. The topological polar surface area (TPSA) is 60.0 Å². The molecule has 2 fully saturated rings. The lowest BCUT2D eigenvalue weighted by atomic mass is 9.88. The largest absolute Gasteiger partial charge is 0.354 e. The molecule has 178 valence electrons. The number of carbonyl (C=O) groups is 1. The first-order valence-electron chi connectivity index (χ1n) is 12.2. The van der Waals surface area contributed by atoms with Crippen LogP contribution in [0.4, 0.5) is 0 Å². The fourth-order valence-corrected chi connectivity index (χ4v) is 5.31. The molecule has 7 heteroatoms. The second-order valence-corrected chi connectivity index (χ2v) is 9.70. The van der Waals surface area contributed by atoms with Crippen LogP contribution >= 0.6 is 24.0 Å². The van der Waals surface area contributed by atoms with Gasteiger partial charge in [0.1, 0.15) is 6.54 Å². The molecule has 1 saturated carbocycles. The summed E-state index contributed by atoms with van der Waals surface area (Å²) in [4.78, 5) is 21.1. The summed E-state index contributed by atoms with van der Waals surface area (Å²) < 4.78 is 0. The molecule has 1 saturated heterocycles. The van der Waals surface area contributed by atoms with Crippen molar-refractivity contribution in [2.75, 3.05) is 33.7 Å². The van der Waals surface area contributed by atoms with E-state index in [9.17, 15) is 4.79 Å². The van der Waals surface area contributed by atoms with Crippen LogP contribution in [-0.2, 0) is 17.6 Å². The highest BCUT2D eigenvalue weighted by molar-refractivity contribution is 14.0. The van der Waals surface area contributed by atoms with Gasteiger partial charge in [-0.1, -0.05) is 37.1 Å². The molecule has 0 radical (unpaired) electrons. The molecule has 1 unspecified atom stereocenters. The second kappa shape index (κ2) is 12.2. The quantitative estimate of drug-likeness (QED) is 0.334. The van der Waals surface area contributed by atoms with Gasteiger partial charge in [-0.25, -0.2) is 4.99 Å². The number of halogens is 1. The molecule has 32 heavy (non-hydrogen) atoms. The Balaban J connectivity index is 0.00000289. The standard InChI is InChI=1S/C25H39N5O.HI/c1-29(2)24(31)18-26-25(28-22-12-11-19-7-3-4-8-20(19)17-22)27-21-13-15-30(16-14-21)23-9-5-6-10-23;/h3-4,7-8,21-23H,5-6,9-18H2,1-2H3,(H2,26,27,28);1H. The number of likely N-dealkylation sites (tertiary alicyclic amines) is 1. The number of aliphatic imine (C=N–C) groups is 1. The highest BCUT2D eigenvalue weighted by Crippen LogP contribution is 2.26. The molecular formula is C25H40IN5O. The number of aryl methyl sites for hydroxylation is 1. The molecule has 2 N–H and O–H groups in total. The van der Waals surface area contributed by atoms with Crippen LogP contribution in [0.15, 0.2) is 29.3 Å². The normalized spacial score (nSPS) is 22.7. The van der Waals surface area contributed by atoms with Gasteiger partial charge in [0.2, 0.25) is 5.91 Å². The zero-order valence-electron chi connectivity index (χ0n) is 19.7. The Hall–Kier alpha value is -1.35. The van der Waals surface area contributed by atoms with E-state index in [1.807, 2.05) is 0 Å². The fourth-order valence-electron chi connectivity index (χ4n) is 5.31. The third-order valence-corrected chi connectivity index (χ3v) is 7.27. The summed E-state index contributed by atoms with van der Waals surface area (Å²) >= 11 is 0. The van der Waals surface area contributed by atoms with Crippen molar-refractivity contribution in [3.05, 3.63) is 35.4 Å². The molecule has 1 aliphatic heterocycles. The SMILES string of the molecule is CN(C)C(=O)CN=C(NC1CCN(C2CCCC2)CC1)NC1CCc2ccccc2C1.I. The van der Waals surface area contributed by atoms with Crippen LogP contribution in [0.1, 0.15) is 56.1 Å². The Bertz CT molecular complexity index is 769. The van der Waals surface area contributed by atoms with Gasteiger partial charge in [-0.2, -0.15) is 0 Å². The number of rotatable bonds is 5. The van der Waals surface area contributed by atoms with Crippen LogP contribution < -0.4 is 10.6 Å². The summed E-state index contributed by atoms with van der Waals surface area (Å²) in [5.74, 6) is 0.838. The molecular weight excluding hydrogens is 513 g/mol. The second-order valence-electron chi connectivity index (χ2n) is 9.70. The van der Waals surface area contributed by atoms with Gasteiger partial charge < -0.3 is 20.4 Å². The summed E-state index contributed by atoms with van der Waals surface area (Å²) in [7, 11) is 3.57. The number of likely N-dealkylation sites (N-methyl/N-ethyl adjacent to an activating group) is 1. The monoisotopic (exact) mass is 553 g/mol. The van der Waals surface area contributed by atoms with Crippen LogP contribution in [0.2, 0.25) is 0 Å².